The minimum atomic E-state index is -0.389. The van der Waals surface area contributed by atoms with E-state index in [9.17, 15) is 9.59 Å². The Morgan fingerprint density at radius 1 is 1.50 bits per heavy atom. The van der Waals surface area contributed by atoms with Gasteiger partial charge in [0.25, 0.3) is 0 Å². The van der Waals surface area contributed by atoms with Gasteiger partial charge in [-0.2, -0.15) is 0 Å². The highest BCUT2D eigenvalue weighted by molar-refractivity contribution is 5.83. The van der Waals surface area contributed by atoms with Gasteiger partial charge < -0.3 is 15.4 Å². The lowest BCUT2D eigenvalue weighted by Gasteiger charge is -2.37. The van der Waals surface area contributed by atoms with Crippen LogP contribution in [-0.4, -0.2) is 61.6 Å². The van der Waals surface area contributed by atoms with Crippen molar-refractivity contribution in [1.29, 1.82) is 0 Å². The summed E-state index contributed by atoms with van der Waals surface area (Å²) in [7, 11) is 0. The molecular weight excluding hydrogens is 234 g/mol. The quantitative estimate of drug-likeness (QED) is 0.640. The molecule has 0 aromatic heterocycles. The highest BCUT2D eigenvalue weighted by Gasteiger charge is 2.34. The summed E-state index contributed by atoms with van der Waals surface area (Å²) in [6, 6.07) is -0.697. The van der Waals surface area contributed by atoms with Crippen molar-refractivity contribution in [1.82, 2.24) is 15.5 Å². The molecule has 1 aliphatic rings. The number of hydrogen-bond acceptors (Lipinski definition) is 5. The van der Waals surface area contributed by atoms with Gasteiger partial charge in [0.15, 0.2) is 0 Å². The number of amides is 1. The molecule has 6 nitrogen and oxygen atoms in total. The van der Waals surface area contributed by atoms with E-state index in [0.29, 0.717) is 26.2 Å². The first-order valence-electron chi connectivity index (χ1n) is 6.52. The highest BCUT2D eigenvalue weighted by Crippen LogP contribution is 2.10. The number of likely N-dealkylation sites (N-methyl/N-ethyl adjacent to an activating group) is 1. The molecule has 0 radical (unpaired) electrons. The second kappa shape index (κ2) is 7.33. The van der Waals surface area contributed by atoms with Crippen LogP contribution in [0.15, 0.2) is 0 Å². The summed E-state index contributed by atoms with van der Waals surface area (Å²) in [6.07, 6.45) is 0. The Labute approximate surface area is 108 Å². The predicted octanol–water partition coefficient (Wildman–Crippen LogP) is -0.652. The fourth-order valence-corrected chi connectivity index (χ4v) is 2.12. The first-order chi connectivity index (χ1) is 8.61. The molecule has 1 aliphatic heterocycles. The third-order valence-corrected chi connectivity index (χ3v) is 3.06. The Balaban J connectivity index is 2.69. The molecule has 0 saturated carbocycles. The van der Waals surface area contributed by atoms with E-state index in [1.54, 1.807) is 13.8 Å². The van der Waals surface area contributed by atoms with E-state index in [-0.39, 0.29) is 24.0 Å². The van der Waals surface area contributed by atoms with Crippen molar-refractivity contribution < 1.29 is 14.3 Å². The molecule has 1 saturated heterocycles. The molecule has 0 bridgehead atoms. The third-order valence-electron chi connectivity index (χ3n) is 3.06. The second-order valence-electron chi connectivity index (χ2n) is 4.28. The van der Waals surface area contributed by atoms with Crippen molar-refractivity contribution in [2.75, 3.05) is 32.8 Å². The predicted molar refractivity (Wildman–Crippen MR) is 68.1 cm³/mol. The minimum Gasteiger partial charge on any atom is -0.465 e. The number of nitrogens with one attached hydrogen (secondary N) is 2. The lowest BCUT2D eigenvalue weighted by molar-refractivity contribution is -0.151. The molecule has 0 spiro atoms. The Bertz CT molecular complexity index is 296. The summed E-state index contributed by atoms with van der Waals surface area (Å²) in [5.41, 5.74) is 0. The van der Waals surface area contributed by atoms with Gasteiger partial charge in [-0.1, -0.05) is 0 Å². The first-order valence-corrected chi connectivity index (χ1v) is 6.52. The molecule has 0 aliphatic carbocycles. The molecule has 1 amide bonds. The van der Waals surface area contributed by atoms with E-state index >= 15 is 0 Å². The molecule has 1 rings (SSSR count). The van der Waals surface area contributed by atoms with E-state index < -0.39 is 0 Å². The van der Waals surface area contributed by atoms with Crippen molar-refractivity contribution in [3.05, 3.63) is 0 Å². The van der Waals surface area contributed by atoms with Gasteiger partial charge in [-0.05, 0) is 20.8 Å². The zero-order chi connectivity index (χ0) is 13.5. The third kappa shape index (κ3) is 3.68. The number of hydrogen-bond donors (Lipinski definition) is 2. The Hall–Kier alpha value is -1.14. The van der Waals surface area contributed by atoms with Crippen molar-refractivity contribution >= 4 is 11.9 Å². The van der Waals surface area contributed by atoms with E-state index in [4.69, 9.17) is 4.74 Å². The SMILES string of the molecule is CCNC(=O)C1CNCCN1C(C)C(=O)OCC. The number of carbonyl (C=O) groups is 2. The molecule has 18 heavy (non-hydrogen) atoms. The van der Waals surface area contributed by atoms with Crippen LogP contribution in [0.3, 0.4) is 0 Å². The Morgan fingerprint density at radius 3 is 2.83 bits per heavy atom. The fraction of sp³-hybridized carbons (Fsp3) is 0.833. The fourth-order valence-electron chi connectivity index (χ4n) is 2.12. The number of piperazine rings is 1. The lowest BCUT2D eigenvalue weighted by Crippen LogP contribution is -2.61. The normalized spacial score (nSPS) is 22.3. The van der Waals surface area contributed by atoms with Crippen LogP contribution in [0.5, 0.6) is 0 Å². The summed E-state index contributed by atoms with van der Waals surface area (Å²) < 4.78 is 5.01. The van der Waals surface area contributed by atoms with Gasteiger partial charge in [-0.15, -0.1) is 0 Å². The Morgan fingerprint density at radius 2 is 2.22 bits per heavy atom. The maximum Gasteiger partial charge on any atom is 0.323 e. The van der Waals surface area contributed by atoms with Crippen LogP contribution < -0.4 is 10.6 Å². The largest absolute Gasteiger partial charge is 0.465 e. The van der Waals surface area contributed by atoms with Gasteiger partial charge in [0.2, 0.25) is 5.91 Å². The van der Waals surface area contributed by atoms with E-state index in [1.165, 1.54) is 0 Å². The second-order valence-corrected chi connectivity index (χ2v) is 4.28. The number of ether oxygens (including phenoxy) is 1. The zero-order valence-electron chi connectivity index (χ0n) is 11.4. The van der Waals surface area contributed by atoms with Crippen molar-refractivity contribution in [2.24, 2.45) is 0 Å². The summed E-state index contributed by atoms with van der Waals surface area (Å²) >= 11 is 0. The average molecular weight is 257 g/mol. The van der Waals surface area contributed by atoms with Crippen molar-refractivity contribution in [3.8, 4) is 0 Å². The van der Waals surface area contributed by atoms with Gasteiger partial charge >= 0.3 is 5.97 Å². The number of carbonyl (C=O) groups excluding carboxylic acids is 2. The van der Waals surface area contributed by atoms with Gasteiger partial charge in [-0.25, -0.2) is 0 Å². The lowest BCUT2D eigenvalue weighted by atomic mass is 10.1. The van der Waals surface area contributed by atoms with E-state index in [2.05, 4.69) is 10.6 Å². The van der Waals surface area contributed by atoms with Crippen LogP contribution in [0.25, 0.3) is 0 Å². The summed E-state index contributed by atoms with van der Waals surface area (Å²) in [5, 5.41) is 5.97. The topological polar surface area (TPSA) is 70.7 Å². The van der Waals surface area contributed by atoms with Crippen LogP contribution in [-0.2, 0) is 14.3 Å². The first kappa shape index (κ1) is 14.9. The maximum atomic E-state index is 11.9. The molecule has 1 fully saturated rings. The smallest absolute Gasteiger partial charge is 0.323 e. The summed E-state index contributed by atoms with van der Waals surface area (Å²) in [6.45, 7) is 8.42. The van der Waals surface area contributed by atoms with Crippen molar-refractivity contribution in [2.45, 2.75) is 32.9 Å². The number of rotatable bonds is 5. The molecule has 2 N–H and O–H groups in total. The molecule has 2 unspecified atom stereocenters. The van der Waals surface area contributed by atoms with Crippen LogP contribution in [0, 0.1) is 0 Å². The average Bonchev–Trinajstić information content (AvgIpc) is 2.38. The van der Waals surface area contributed by atoms with Crippen LogP contribution in [0.2, 0.25) is 0 Å². The summed E-state index contributed by atoms with van der Waals surface area (Å²) in [5.74, 6) is -0.311. The molecule has 104 valence electrons. The van der Waals surface area contributed by atoms with E-state index in [0.717, 1.165) is 6.54 Å². The number of nitrogens with zero attached hydrogens (tertiary/aromatic N) is 1. The van der Waals surface area contributed by atoms with Gasteiger partial charge in [0, 0.05) is 26.2 Å². The van der Waals surface area contributed by atoms with Crippen LogP contribution >= 0.6 is 0 Å². The molecule has 0 aromatic carbocycles. The van der Waals surface area contributed by atoms with Gasteiger partial charge in [0.05, 0.1) is 6.61 Å². The number of esters is 1. The van der Waals surface area contributed by atoms with Crippen LogP contribution in [0.1, 0.15) is 20.8 Å². The molecule has 6 heteroatoms. The van der Waals surface area contributed by atoms with E-state index in [1.807, 2.05) is 11.8 Å². The molecule has 1 heterocycles. The van der Waals surface area contributed by atoms with Gasteiger partial charge in [0.1, 0.15) is 12.1 Å². The molecular formula is C12H23N3O3. The van der Waals surface area contributed by atoms with Crippen LogP contribution in [0.4, 0.5) is 0 Å². The van der Waals surface area contributed by atoms with Gasteiger partial charge in [-0.3, -0.25) is 14.5 Å². The minimum absolute atomic E-state index is 0.0409. The standard InChI is InChI=1S/C12H23N3O3/c1-4-14-11(16)10-8-13-6-7-15(10)9(3)12(17)18-5-2/h9-10,13H,4-8H2,1-3H3,(H,14,16). The summed E-state index contributed by atoms with van der Waals surface area (Å²) in [4.78, 5) is 25.6. The van der Waals surface area contributed by atoms with Crippen molar-refractivity contribution in [3.63, 3.8) is 0 Å². The highest BCUT2D eigenvalue weighted by atomic mass is 16.5. The maximum absolute atomic E-state index is 11.9. The molecule has 2 atom stereocenters. The Kier molecular flexibility index (Phi) is 6.07. The molecule has 0 aromatic rings. The zero-order valence-corrected chi connectivity index (χ0v) is 11.4. The monoisotopic (exact) mass is 257 g/mol.